The summed E-state index contributed by atoms with van der Waals surface area (Å²) < 4.78 is 13.2. The van der Waals surface area contributed by atoms with Gasteiger partial charge in [-0.1, -0.05) is 54.6 Å². The Labute approximate surface area is 191 Å². The molecule has 0 bridgehead atoms. The second-order valence-corrected chi connectivity index (χ2v) is 8.28. The molecule has 1 aliphatic carbocycles. The van der Waals surface area contributed by atoms with Crippen molar-refractivity contribution in [3.8, 4) is 34.0 Å². The quantitative estimate of drug-likeness (QED) is 0.392. The average Bonchev–Trinajstić information content (AvgIpc) is 3.23. The van der Waals surface area contributed by atoms with Gasteiger partial charge in [-0.3, -0.25) is 9.59 Å². The van der Waals surface area contributed by atoms with Crippen molar-refractivity contribution in [2.24, 2.45) is 0 Å². The molecule has 4 aromatic rings. The van der Waals surface area contributed by atoms with Gasteiger partial charge in [0.25, 0.3) is 0 Å². The van der Waals surface area contributed by atoms with E-state index in [1.807, 2.05) is 42.5 Å². The van der Waals surface area contributed by atoms with Gasteiger partial charge in [-0.05, 0) is 29.7 Å². The SMILES string of the molecule is COc1cc2c(cc1OC)-c1c3c(c(-c4ccccc4)n1CC2)C(=O)c1ccccc1C3=O. The van der Waals surface area contributed by atoms with Crippen molar-refractivity contribution in [3.05, 3.63) is 94.5 Å². The van der Waals surface area contributed by atoms with Crippen molar-refractivity contribution in [1.82, 2.24) is 4.57 Å². The lowest BCUT2D eigenvalue weighted by Crippen LogP contribution is -2.20. The first-order chi connectivity index (χ1) is 16.1. The molecule has 0 radical (unpaired) electrons. The molecule has 2 aliphatic rings. The summed E-state index contributed by atoms with van der Waals surface area (Å²) in [5.41, 5.74) is 6.35. The number of hydrogen-bond acceptors (Lipinski definition) is 4. The van der Waals surface area contributed by atoms with Crippen LogP contribution in [0.3, 0.4) is 0 Å². The first-order valence-corrected chi connectivity index (χ1v) is 10.9. The summed E-state index contributed by atoms with van der Waals surface area (Å²) in [6, 6.07) is 20.8. The van der Waals surface area contributed by atoms with Gasteiger partial charge in [0.1, 0.15) is 0 Å². The first kappa shape index (κ1) is 19.6. The van der Waals surface area contributed by atoms with E-state index in [0.717, 1.165) is 34.5 Å². The Morgan fingerprint density at radius 1 is 0.697 bits per heavy atom. The van der Waals surface area contributed by atoms with Gasteiger partial charge in [-0.2, -0.15) is 0 Å². The largest absolute Gasteiger partial charge is 0.493 e. The molecule has 1 aromatic heterocycles. The molecule has 2 heterocycles. The maximum atomic E-state index is 13.8. The zero-order valence-electron chi connectivity index (χ0n) is 18.3. The maximum Gasteiger partial charge on any atom is 0.196 e. The highest BCUT2D eigenvalue weighted by Crippen LogP contribution is 2.47. The van der Waals surface area contributed by atoms with Gasteiger partial charge in [-0.15, -0.1) is 0 Å². The molecule has 1 aliphatic heterocycles. The number of nitrogens with zero attached hydrogens (tertiary/aromatic N) is 1. The molecule has 5 nitrogen and oxygen atoms in total. The Kier molecular flexibility index (Phi) is 4.27. The van der Waals surface area contributed by atoms with E-state index in [-0.39, 0.29) is 11.6 Å². The number of ether oxygens (including phenoxy) is 2. The van der Waals surface area contributed by atoms with Crippen molar-refractivity contribution < 1.29 is 19.1 Å². The standard InChI is InChI=1S/C28H21NO4/c1-32-21-14-17-12-13-29-25(16-8-4-3-5-9-16)23-24(26(29)20(17)15-22(21)33-2)28(31)19-11-7-6-10-18(19)27(23)30/h3-11,14-15H,12-13H2,1-2H3. The Hall–Kier alpha value is -4.12. The van der Waals surface area contributed by atoms with Gasteiger partial charge in [-0.25, -0.2) is 0 Å². The van der Waals surface area contributed by atoms with E-state index in [9.17, 15) is 9.59 Å². The molecule has 5 heteroatoms. The topological polar surface area (TPSA) is 57.5 Å². The zero-order chi connectivity index (χ0) is 22.7. The Morgan fingerprint density at radius 2 is 1.27 bits per heavy atom. The van der Waals surface area contributed by atoms with Gasteiger partial charge >= 0.3 is 0 Å². The number of fused-ring (bicyclic) bond motifs is 6. The number of benzene rings is 3. The summed E-state index contributed by atoms with van der Waals surface area (Å²) in [4.78, 5) is 27.6. The maximum absolute atomic E-state index is 13.8. The first-order valence-electron chi connectivity index (χ1n) is 10.9. The average molecular weight is 435 g/mol. The Balaban J connectivity index is 1.73. The van der Waals surface area contributed by atoms with Crippen LogP contribution in [0.2, 0.25) is 0 Å². The van der Waals surface area contributed by atoms with E-state index in [1.54, 1.807) is 38.5 Å². The van der Waals surface area contributed by atoms with Crippen molar-refractivity contribution in [2.75, 3.05) is 14.2 Å². The van der Waals surface area contributed by atoms with Crippen LogP contribution >= 0.6 is 0 Å². The minimum Gasteiger partial charge on any atom is -0.493 e. The molecule has 33 heavy (non-hydrogen) atoms. The second-order valence-electron chi connectivity index (χ2n) is 8.28. The van der Waals surface area contributed by atoms with E-state index < -0.39 is 0 Å². The predicted octanol–water partition coefficient (Wildman–Crippen LogP) is 5.17. The molecule has 0 fully saturated rings. The van der Waals surface area contributed by atoms with Crippen molar-refractivity contribution in [3.63, 3.8) is 0 Å². The van der Waals surface area contributed by atoms with Crippen molar-refractivity contribution in [1.29, 1.82) is 0 Å². The summed E-state index contributed by atoms with van der Waals surface area (Å²) >= 11 is 0. The molecule has 0 saturated heterocycles. The molecular formula is C28H21NO4. The van der Waals surface area contributed by atoms with E-state index in [1.165, 1.54) is 0 Å². The van der Waals surface area contributed by atoms with Gasteiger partial charge in [0.05, 0.1) is 36.7 Å². The minimum atomic E-state index is -0.117. The fourth-order valence-corrected chi connectivity index (χ4v) is 5.19. The molecule has 0 unspecified atom stereocenters. The molecule has 162 valence electrons. The van der Waals surface area contributed by atoms with Crippen LogP contribution in [-0.2, 0) is 13.0 Å². The number of rotatable bonds is 3. The van der Waals surface area contributed by atoms with Crippen LogP contribution in [0.1, 0.15) is 37.4 Å². The highest BCUT2D eigenvalue weighted by atomic mass is 16.5. The number of ketones is 2. The predicted molar refractivity (Wildman–Crippen MR) is 125 cm³/mol. The van der Waals surface area contributed by atoms with Crippen LogP contribution in [0.5, 0.6) is 11.5 Å². The van der Waals surface area contributed by atoms with Gasteiger partial charge in [0, 0.05) is 23.2 Å². The van der Waals surface area contributed by atoms with E-state index >= 15 is 0 Å². The summed E-state index contributed by atoms with van der Waals surface area (Å²) in [5.74, 6) is 1.02. The molecule has 0 N–H and O–H groups in total. The molecule has 6 rings (SSSR count). The number of hydrogen-bond donors (Lipinski definition) is 0. The van der Waals surface area contributed by atoms with E-state index in [0.29, 0.717) is 40.3 Å². The number of carbonyl (C=O) groups is 2. The molecule has 0 spiro atoms. The van der Waals surface area contributed by atoms with Crippen LogP contribution in [0.4, 0.5) is 0 Å². The Morgan fingerprint density at radius 3 is 1.91 bits per heavy atom. The van der Waals surface area contributed by atoms with Crippen LogP contribution in [0.15, 0.2) is 66.7 Å². The van der Waals surface area contributed by atoms with Crippen molar-refractivity contribution in [2.45, 2.75) is 13.0 Å². The lowest BCUT2D eigenvalue weighted by molar-refractivity contribution is 0.0981. The van der Waals surface area contributed by atoms with Crippen molar-refractivity contribution >= 4 is 11.6 Å². The Bertz CT molecular complexity index is 1460. The van der Waals surface area contributed by atoms with E-state index in [4.69, 9.17) is 9.47 Å². The number of carbonyl (C=O) groups excluding carboxylic acids is 2. The molecular weight excluding hydrogens is 414 g/mol. The fraction of sp³-hybridized carbons (Fsp3) is 0.143. The third kappa shape index (κ3) is 2.65. The highest BCUT2D eigenvalue weighted by molar-refractivity contribution is 6.32. The molecule has 0 amide bonds. The summed E-state index contributed by atoms with van der Waals surface area (Å²) in [7, 11) is 3.21. The van der Waals surface area contributed by atoms with Crippen LogP contribution in [-0.4, -0.2) is 30.4 Å². The van der Waals surface area contributed by atoms with Crippen LogP contribution in [0.25, 0.3) is 22.5 Å². The minimum absolute atomic E-state index is 0.108. The summed E-state index contributed by atoms with van der Waals surface area (Å²) in [6.45, 7) is 0.659. The highest BCUT2D eigenvalue weighted by Gasteiger charge is 2.40. The lowest BCUT2D eigenvalue weighted by Gasteiger charge is -2.24. The van der Waals surface area contributed by atoms with Gasteiger partial charge in [0.15, 0.2) is 23.1 Å². The summed E-state index contributed by atoms with van der Waals surface area (Å²) in [6.07, 6.45) is 0.755. The number of aryl methyl sites for hydroxylation is 1. The smallest absolute Gasteiger partial charge is 0.196 e. The molecule has 0 atom stereocenters. The molecule has 0 saturated carbocycles. The molecule has 3 aromatic carbocycles. The monoisotopic (exact) mass is 435 g/mol. The third-order valence-corrected chi connectivity index (χ3v) is 6.65. The van der Waals surface area contributed by atoms with Gasteiger partial charge in [0.2, 0.25) is 0 Å². The van der Waals surface area contributed by atoms with E-state index in [2.05, 4.69) is 4.57 Å². The van der Waals surface area contributed by atoms with Crippen LogP contribution < -0.4 is 9.47 Å². The van der Waals surface area contributed by atoms with Gasteiger partial charge < -0.3 is 14.0 Å². The zero-order valence-corrected chi connectivity index (χ0v) is 18.3. The number of methoxy groups -OCH3 is 2. The second kappa shape index (κ2) is 7.20. The normalized spacial score (nSPS) is 13.6. The third-order valence-electron chi connectivity index (χ3n) is 6.65. The fourth-order valence-electron chi connectivity index (χ4n) is 5.19. The number of aromatic nitrogens is 1. The lowest BCUT2D eigenvalue weighted by atomic mass is 9.82. The van der Waals surface area contributed by atoms with Crippen LogP contribution in [0, 0.1) is 0 Å². The summed E-state index contributed by atoms with van der Waals surface area (Å²) in [5, 5.41) is 0.